The van der Waals surface area contributed by atoms with Gasteiger partial charge in [-0.05, 0) is 54.7 Å². The van der Waals surface area contributed by atoms with Gasteiger partial charge in [-0.1, -0.05) is 57.2 Å². The highest BCUT2D eigenvalue weighted by molar-refractivity contribution is 5.95. The number of unbranched alkanes of at least 4 members (excludes halogenated alkanes) is 1. The average Bonchev–Trinajstić information content (AvgIpc) is 2.74. The molecule has 0 spiro atoms. The lowest BCUT2D eigenvalue weighted by Gasteiger charge is -2.20. The van der Waals surface area contributed by atoms with Gasteiger partial charge in [0.15, 0.2) is 0 Å². The number of carbonyl (C=O) groups is 2. The summed E-state index contributed by atoms with van der Waals surface area (Å²) in [6, 6.07) is 13.3. The van der Waals surface area contributed by atoms with Crippen molar-refractivity contribution >= 4 is 17.5 Å². The summed E-state index contributed by atoms with van der Waals surface area (Å²) in [6.45, 7) is 6.47. The SMILES string of the molecule is CCCCC(=O)N(CC#Cc1ccc(C(N)=O)c(CC)c1CC)c1ccccc1. The van der Waals surface area contributed by atoms with Crippen molar-refractivity contribution in [3.63, 3.8) is 0 Å². The zero-order valence-corrected chi connectivity index (χ0v) is 17.6. The molecule has 0 fully saturated rings. The van der Waals surface area contributed by atoms with Gasteiger partial charge in [-0.3, -0.25) is 9.59 Å². The van der Waals surface area contributed by atoms with Crippen LogP contribution in [0.15, 0.2) is 42.5 Å². The molecule has 0 saturated carbocycles. The lowest BCUT2D eigenvalue weighted by atomic mass is 9.92. The van der Waals surface area contributed by atoms with Crippen LogP contribution in [0.4, 0.5) is 5.69 Å². The van der Waals surface area contributed by atoms with Crippen molar-refractivity contribution in [2.45, 2.75) is 52.9 Å². The summed E-state index contributed by atoms with van der Waals surface area (Å²) in [7, 11) is 0. The molecule has 0 aromatic heterocycles. The third-order valence-electron chi connectivity index (χ3n) is 4.98. The number of hydrogen-bond acceptors (Lipinski definition) is 2. The molecule has 2 aromatic rings. The van der Waals surface area contributed by atoms with Crippen molar-refractivity contribution in [2.75, 3.05) is 11.4 Å². The van der Waals surface area contributed by atoms with Crippen molar-refractivity contribution in [2.24, 2.45) is 5.73 Å². The molecule has 2 amide bonds. The van der Waals surface area contributed by atoms with E-state index in [2.05, 4.69) is 25.7 Å². The third kappa shape index (κ3) is 5.71. The second-order valence-corrected chi connectivity index (χ2v) is 6.91. The largest absolute Gasteiger partial charge is 0.366 e. The van der Waals surface area contributed by atoms with Gasteiger partial charge in [-0.2, -0.15) is 0 Å². The van der Waals surface area contributed by atoms with E-state index >= 15 is 0 Å². The van der Waals surface area contributed by atoms with Crippen molar-refractivity contribution in [3.05, 3.63) is 64.7 Å². The van der Waals surface area contributed by atoms with Crippen LogP contribution in [0, 0.1) is 11.8 Å². The second kappa shape index (κ2) is 11.1. The summed E-state index contributed by atoms with van der Waals surface area (Å²) >= 11 is 0. The van der Waals surface area contributed by atoms with E-state index in [9.17, 15) is 9.59 Å². The van der Waals surface area contributed by atoms with Crippen LogP contribution in [0.2, 0.25) is 0 Å². The third-order valence-corrected chi connectivity index (χ3v) is 4.98. The van der Waals surface area contributed by atoms with Gasteiger partial charge >= 0.3 is 0 Å². The van der Waals surface area contributed by atoms with E-state index in [1.165, 1.54) is 0 Å². The maximum absolute atomic E-state index is 12.7. The molecular weight excluding hydrogens is 360 g/mol. The number of benzene rings is 2. The predicted octanol–water partition coefficient (Wildman–Crippen LogP) is 4.49. The summed E-state index contributed by atoms with van der Waals surface area (Å²) in [5.74, 6) is 6.07. The monoisotopic (exact) mass is 390 g/mol. The number of amides is 2. The van der Waals surface area contributed by atoms with Crippen LogP contribution >= 0.6 is 0 Å². The summed E-state index contributed by atoms with van der Waals surface area (Å²) < 4.78 is 0. The van der Waals surface area contributed by atoms with Gasteiger partial charge < -0.3 is 10.6 Å². The Morgan fingerprint density at radius 1 is 0.966 bits per heavy atom. The minimum atomic E-state index is -0.409. The summed E-state index contributed by atoms with van der Waals surface area (Å²) in [5.41, 5.74) is 9.86. The first kappa shape index (κ1) is 22.2. The zero-order chi connectivity index (χ0) is 21.2. The minimum Gasteiger partial charge on any atom is -0.366 e. The molecule has 0 bridgehead atoms. The highest BCUT2D eigenvalue weighted by atomic mass is 16.2. The average molecular weight is 391 g/mol. The van der Waals surface area contributed by atoms with Crippen LogP contribution in [0.1, 0.15) is 67.1 Å². The van der Waals surface area contributed by atoms with E-state index in [1.807, 2.05) is 43.3 Å². The Bertz CT molecular complexity index is 908. The number of nitrogens with zero attached hydrogens (tertiary/aromatic N) is 1. The smallest absolute Gasteiger partial charge is 0.248 e. The van der Waals surface area contributed by atoms with E-state index in [4.69, 9.17) is 5.73 Å². The van der Waals surface area contributed by atoms with Crippen LogP contribution in [0.25, 0.3) is 0 Å². The molecule has 0 atom stereocenters. The topological polar surface area (TPSA) is 63.4 Å². The van der Waals surface area contributed by atoms with E-state index in [0.29, 0.717) is 18.5 Å². The Morgan fingerprint density at radius 3 is 2.24 bits per heavy atom. The molecule has 2 N–H and O–H groups in total. The normalized spacial score (nSPS) is 10.2. The summed E-state index contributed by atoms with van der Waals surface area (Å²) in [6.07, 6.45) is 3.85. The molecule has 29 heavy (non-hydrogen) atoms. The Balaban J connectivity index is 2.33. The second-order valence-electron chi connectivity index (χ2n) is 6.91. The van der Waals surface area contributed by atoms with Gasteiger partial charge in [0.25, 0.3) is 0 Å². The molecule has 0 aliphatic rings. The minimum absolute atomic E-state index is 0.0846. The molecule has 2 aromatic carbocycles. The Labute approximate surface area is 174 Å². The molecule has 4 nitrogen and oxygen atoms in total. The highest BCUT2D eigenvalue weighted by Gasteiger charge is 2.15. The molecule has 0 unspecified atom stereocenters. The number of carbonyl (C=O) groups excluding carboxylic acids is 2. The lowest BCUT2D eigenvalue weighted by molar-refractivity contribution is -0.118. The number of anilines is 1. The van der Waals surface area contributed by atoms with Gasteiger partial charge in [-0.15, -0.1) is 0 Å². The number of para-hydroxylation sites is 1. The molecule has 152 valence electrons. The fourth-order valence-corrected chi connectivity index (χ4v) is 3.46. The first-order valence-corrected chi connectivity index (χ1v) is 10.3. The van der Waals surface area contributed by atoms with Gasteiger partial charge in [0.05, 0.1) is 6.54 Å². The number of primary amides is 1. The molecule has 0 radical (unpaired) electrons. The molecule has 4 heteroatoms. The van der Waals surface area contributed by atoms with Crippen molar-refractivity contribution in [1.82, 2.24) is 0 Å². The Kier molecular flexibility index (Phi) is 8.48. The zero-order valence-electron chi connectivity index (χ0n) is 17.6. The molecule has 0 saturated heterocycles. The molecular formula is C25H30N2O2. The first-order chi connectivity index (χ1) is 14.0. The first-order valence-electron chi connectivity index (χ1n) is 10.3. The van der Waals surface area contributed by atoms with E-state index < -0.39 is 5.91 Å². The Morgan fingerprint density at radius 2 is 1.66 bits per heavy atom. The maximum Gasteiger partial charge on any atom is 0.248 e. The molecule has 0 heterocycles. The quantitative estimate of drug-likeness (QED) is 0.675. The molecule has 0 aliphatic heterocycles. The molecule has 0 aliphatic carbocycles. The van der Waals surface area contributed by atoms with Crippen LogP contribution in [0.3, 0.4) is 0 Å². The highest BCUT2D eigenvalue weighted by Crippen LogP contribution is 2.21. The van der Waals surface area contributed by atoms with Crippen LogP contribution in [0.5, 0.6) is 0 Å². The van der Waals surface area contributed by atoms with Crippen LogP contribution in [-0.2, 0) is 17.6 Å². The number of nitrogens with two attached hydrogens (primary N) is 1. The van der Waals surface area contributed by atoms with Crippen molar-refractivity contribution in [3.8, 4) is 11.8 Å². The summed E-state index contributed by atoms with van der Waals surface area (Å²) in [5, 5.41) is 0. The van der Waals surface area contributed by atoms with E-state index in [-0.39, 0.29) is 5.91 Å². The van der Waals surface area contributed by atoms with E-state index in [0.717, 1.165) is 48.1 Å². The fourth-order valence-electron chi connectivity index (χ4n) is 3.46. The molecule has 2 rings (SSSR count). The van der Waals surface area contributed by atoms with Crippen molar-refractivity contribution < 1.29 is 9.59 Å². The van der Waals surface area contributed by atoms with Gasteiger partial charge in [-0.25, -0.2) is 0 Å². The standard InChI is InChI=1S/C25H30N2O2/c1-4-7-15-24(28)27(20-13-9-8-10-14-20)18-11-12-19-16-17-23(25(26)29)22(6-3)21(19)5-2/h8-10,13-14,16-17H,4-7,15,18H2,1-3H3,(H2,26,29). The van der Waals surface area contributed by atoms with Gasteiger partial charge in [0.2, 0.25) is 11.8 Å². The lowest BCUT2D eigenvalue weighted by Crippen LogP contribution is -2.31. The van der Waals surface area contributed by atoms with Crippen LogP contribution < -0.4 is 10.6 Å². The number of hydrogen-bond donors (Lipinski definition) is 1. The van der Waals surface area contributed by atoms with Crippen LogP contribution in [-0.4, -0.2) is 18.4 Å². The van der Waals surface area contributed by atoms with Gasteiger partial charge in [0, 0.05) is 23.2 Å². The predicted molar refractivity (Wildman–Crippen MR) is 119 cm³/mol. The Hall–Kier alpha value is -3.06. The van der Waals surface area contributed by atoms with Gasteiger partial charge in [0.1, 0.15) is 0 Å². The van der Waals surface area contributed by atoms with E-state index in [1.54, 1.807) is 11.0 Å². The van der Waals surface area contributed by atoms with Crippen molar-refractivity contribution in [1.29, 1.82) is 0 Å². The fraction of sp³-hybridized carbons (Fsp3) is 0.360. The summed E-state index contributed by atoms with van der Waals surface area (Å²) in [4.78, 5) is 26.2. The maximum atomic E-state index is 12.7. The number of rotatable bonds is 8.